The molecule has 0 bridgehead atoms. The minimum absolute atomic E-state index is 0.105. The van der Waals surface area contributed by atoms with Crippen molar-refractivity contribution in [2.45, 2.75) is 53.5 Å². The Balaban J connectivity index is 4.41. The number of nitrogens with one attached hydrogen (secondary N) is 1. The van der Waals surface area contributed by atoms with Gasteiger partial charge in [0.1, 0.15) is 12.6 Å². The Morgan fingerprint density at radius 2 is 1.76 bits per heavy atom. The molecule has 124 valence electrons. The molecule has 5 nitrogen and oxygen atoms in total. The van der Waals surface area contributed by atoms with E-state index in [9.17, 15) is 9.59 Å². The van der Waals surface area contributed by atoms with Crippen LogP contribution >= 0.6 is 11.6 Å². The summed E-state index contributed by atoms with van der Waals surface area (Å²) in [7, 11) is 0. The van der Waals surface area contributed by atoms with Crippen LogP contribution in [0.15, 0.2) is 0 Å². The first-order chi connectivity index (χ1) is 9.68. The zero-order valence-corrected chi connectivity index (χ0v) is 14.5. The Morgan fingerprint density at radius 1 is 1.14 bits per heavy atom. The summed E-state index contributed by atoms with van der Waals surface area (Å²) < 4.78 is 10.1. The molecule has 0 radical (unpaired) electrons. The number of alkyl carbamates (subject to hydrolysis) is 1. The fourth-order valence-corrected chi connectivity index (χ4v) is 1.74. The molecule has 0 aromatic rings. The van der Waals surface area contributed by atoms with Gasteiger partial charge in [0.15, 0.2) is 0 Å². The highest BCUT2D eigenvalue weighted by atomic mass is 35.5. The smallest absolute Gasteiger partial charge is 0.407 e. The van der Waals surface area contributed by atoms with Crippen LogP contribution in [0.1, 0.15) is 47.5 Å². The van der Waals surface area contributed by atoms with Gasteiger partial charge in [-0.1, -0.05) is 34.6 Å². The van der Waals surface area contributed by atoms with E-state index in [2.05, 4.69) is 19.2 Å². The van der Waals surface area contributed by atoms with Crippen molar-refractivity contribution in [3.05, 3.63) is 0 Å². The van der Waals surface area contributed by atoms with Gasteiger partial charge in [0, 0.05) is 0 Å². The van der Waals surface area contributed by atoms with Crippen LogP contribution in [0.3, 0.4) is 0 Å². The first-order valence-electron chi connectivity index (χ1n) is 7.34. The normalized spacial score (nSPS) is 12.9. The van der Waals surface area contributed by atoms with Gasteiger partial charge < -0.3 is 14.8 Å². The molecule has 0 fully saturated rings. The second-order valence-electron chi connectivity index (χ2n) is 6.47. The summed E-state index contributed by atoms with van der Waals surface area (Å²) in [6.45, 7) is 10.3. The number of hydrogen-bond acceptors (Lipinski definition) is 4. The average molecular weight is 322 g/mol. The summed E-state index contributed by atoms with van der Waals surface area (Å²) >= 11 is 5.45. The van der Waals surface area contributed by atoms with Crippen molar-refractivity contribution in [3.63, 3.8) is 0 Å². The maximum Gasteiger partial charge on any atom is 0.407 e. The van der Waals surface area contributed by atoms with Gasteiger partial charge in [0.25, 0.3) is 0 Å². The number of esters is 1. The molecule has 21 heavy (non-hydrogen) atoms. The van der Waals surface area contributed by atoms with Crippen molar-refractivity contribution in [1.29, 1.82) is 0 Å². The van der Waals surface area contributed by atoms with Gasteiger partial charge in [0.05, 0.1) is 12.5 Å². The monoisotopic (exact) mass is 321 g/mol. The van der Waals surface area contributed by atoms with Crippen LogP contribution in [0.5, 0.6) is 0 Å². The zero-order chi connectivity index (χ0) is 16.5. The van der Waals surface area contributed by atoms with E-state index >= 15 is 0 Å². The summed E-state index contributed by atoms with van der Waals surface area (Å²) in [6, 6.07) is -0.751. The van der Waals surface area contributed by atoms with E-state index in [0.29, 0.717) is 12.5 Å². The van der Waals surface area contributed by atoms with Crippen molar-refractivity contribution in [3.8, 4) is 0 Å². The maximum atomic E-state index is 12.1. The minimum atomic E-state index is -0.751. The van der Waals surface area contributed by atoms with E-state index in [1.54, 1.807) is 0 Å². The molecule has 0 heterocycles. The highest BCUT2D eigenvalue weighted by molar-refractivity contribution is 6.18. The van der Waals surface area contributed by atoms with Gasteiger partial charge in [-0.2, -0.15) is 0 Å². The van der Waals surface area contributed by atoms with E-state index in [0.717, 1.165) is 12.8 Å². The number of rotatable bonds is 8. The third-order valence-corrected chi connectivity index (χ3v) is 3.00. The van der Waals surface area contributed by atoms with Gasteiger partial charge in [-0.15, -0.1) is 11.6 Å². The van der Waals surface area contributed by atoms with Crippen LogP contribution in [-0.4, -0.2) is 37.2 Å². The van der Waals surface area contributed by atoms with Crippen LogP contribution in [-0.2, 0) is 14.3 Å². The third kappa shape index (κ3) is 9.56. The van der Waals surface area contributed by atoms with Crippen LogP contribution in [0, 0.1) is 11.3 Å². The zero-order valence-electron chi connectivity index (χ0n) is 13.7. The van der Waals surface area contributed by atoms with Crippen molar-refractivity contribution in [2.24, 2.45) is 11.3 Å². The van der Waals surface area contributed by atoms with Crippen LogP contribution < -0.4 is 5.32 Å². The van der Waals surface area contributed by atoms with E-state index in [1.165, 1.54) is 0 Å². The predicted octanol–water partition coefficient (Wildman–Crippen LogP) is 3.35. The maximum absolute atomic E-state index is 12.1. The Morgan fingerprint density at radius 3 is 2.24 bits per heavy atom. The third-order valence-electron chi connectivity index (χ3n) is 2.84. The van der Waals surface area contributed by atoms with E-state index in [4.69, 9.17) is 21.1 Å². The van der Waals surface area contributed by atoms with Crippen LogP contribution in [0.2, 0.25) is 0 Å². The molecule has 0 aromatic carbocycles. The number of ether oxygens (including phenoxy) is 2. The minimum Gasteiger partial charge on any atom is -0.464 e. The second-order valence-corrected chi connectivity index (χ2v) is 6.85. The lowest BCUT2D eigenvalue weighted by Crippen LogP contribution is -2.50. The van der Waals surface area contributed by atoms with Crippen molar-refractivity contribution in [2.75, 3.05) is 19.1 Å². The summed E-state index contributed by atoms with van der Waals surface area (Å²) in [5.74, 6) is 0.354. The number of hydrogen-bond donors (Lipinski definition) is 1. The van der Waals surface area contributed by atoms with Crippen molar-refractivity contribution >= 4 is 23.7 Å². The summed E-state index contributed by atoms with van der Waals surface area (Å²) in [5.41, 5.74) is -0.463. The van der Waals surface area contributed by atoms with Crippen molar-refractivity contribution in [1.82, 2.24) is 5.32 Å². The lowest BCUT2D eigenvalue weighted by Gasteiger charge is -2.29. The average Bonchev–Trinajstić information content (AvgIpc) is 2.36. The number of halogens is 1. The molecule has 6 heteroatoms. The number of amides is 1. The summed E-state index contributed by atoms with van der Waals surface area (Å²) in [6.07, 6.45) is 1.16. The fraction of sp³-hybridized carbons (Fsp3) is 0.867. The number of carbonyl (C=O) groups excluding carboxylic acids is 2. The summed E-state index contributed by atoms with van der Waals surface area (Å²) in [4.78, 5) is 23.7. The number of carbonyl (C=O) groups is 2. The number of alkyl halides is 1. The van der Waals surface area contributed by atoms with Crippen molar-refractivity contribution < 1.29 is 19.1 Å². The Labute approximate surface area is 132 Å². The molecular formula is C15H28ClNO4. The largest absolute Gasteiger partial charge is 0.464 e. The fourth-order valence-electron chi connectivity index (χ4n) is 1.67. The molecule has 1 atom stereocenters. The van der Waals surface area contributed by atoms with E-state index in [1.807, 2.05) is 20.8 Å². The first kappa shape index (κ1) is 20.0. The standard InChI is InChI=1S/C15H28ClNO4/c1-11(2)7-6-9-20-13(18)12(15(3,4)5)17-14(19)21-10-8-16/h11-12H,6-10H2,1-5H3,(H,17,19). The molecule has 1 N–H and O–H groups in total. The predicted molar refractivity (Wildman–Crippen MR) is 83.5 cm³/mol. The quantitative estimate of drug-likeness (QED) is 0.423. The molecule has 0 aliphatic carbocycles. The second kappa shape index (κ2) is 9.87. The molecule has 1 unspecified atom stereocenters. The van der Waals surface area contributed by atoms with Crippen LogP contribution in [0.25, 0.3) is 0 Å². The molecule has 0 saturated carbocycles. The SMILES string of the molecule is CC(C)CCCOC(=O)C(NC(=O)OCCCl)C(C)(C)C. The Kier molecular flexibility index (Phi) is 9.42. The molecular weight excluding hydrogens is 294 g/mol. The van der Waals surface area contributed by atoms with Gasteiger partial charge in [-0.25, -0.2) is 9.59 Å². The molecule has 0 aliphatic heterocycles. The van der Waals surface area contributed by atoms with Gasteiger partial charge in [-0.05, 0) is 24.2 Å². The topological polar surface area (TPSA) is 64.6 Å². The first-order valence-corrected chi connectivity index (χ1v) is 7.87. The van der Waals surface area contributed by atoms with Crippen LogP contribution in [0.4, 0.5) is 4.79 Å². The van der Waals surface area contributed by atoms with Gasteiger partial charge in [0.2, 0.25) is 0 Å². The van der Waals surface area contributed by atoms with Gasteiger partial charge >= 0.3 is 12.1 Å². The Bertz CT molecular complexity index is 326. The highest BCUT2D eigenvalue weighted by Gasteiger charge is 2.34. The van der Waals surface area contributed by atoms with Gasteiger partial charge in [-0.3, -0.25) is 0 Å². The highest BCUT2D eigenvalue weighted by Crippen LogP contribution is 2.21. The lowest BCUT2D eigenvalue weighted by molar-refractivity contribution is -0.149. The molecule has 1 amide bonds. The lowest BCUT2D eigenvalue weighted by atomic mass is 9.87. The molecule has 0 saturated heterocycles. The molecule has 0 rings (SSSR count). The Hall–Kier alpha value is -0.970. The molecule has 0 aromatic heterocycles. The van der Waals surface area contributed by atoms with E-state index < -0.39 is 23.5 Å². The molecule has 0 spiro atoms. The van der Waals surface area contributed by atoms with E-state index in [-0.39, 0.29) is 12.5 Å². The summed E-state index contributed by atoms with van der Waals surface area (Å²) in [5, 5.41) is 2.55. The molecule has 0 aliphatic rings.